The van der Waals surface area contributed by atoms with Crippen LogP contribution in [0.4, 0.5) is 14.6 Å². The van der Waals surface area contributed by atoms with E-state index >= 15 is 0 Å². The van der Waals surface area contributed by atoms with E-state index in [1.54, 1.807) is 23.1 Å². The van der Waals surface area contributed by atoms with Gasteiger partial charge in [-0.15, -0.1) is 0 Å². The van der Waals surface area contributed by atoms with Crippen LogP contribution >= 0.6 is 11.6 Å². The summed E-state index contributed by atoms with van der Waals surface area (Å²) in [4.78, 5) is 32.8. The number of anilines is 1. The van der Waals surface area contributed by atoms with Crippen LogP contribution in [0.15, 0.2) is 78.1 Å². The molecule has 0 aliphatic heterocycles. The van der Waals surface area contributed by atoms with Crippen LogP contribution in [0, 0.1) is 0 Å². The molecule has 12 heteroatoms. The number of carbonyl (C=O) groups is 1. The van der Waals surface area contributed by atoms with Crippen molar-refractivity contribution in [1.29, 1.82) is 0 Å². The van der Waals surface area contributed by atoms with Gasteiger partial charge in [-0.1, -0.05) is 35.9 Å². The summed E-state index contributed by atoms with van der Waals surface area (Å²) in [5.74, 6) is -4.21. The lowest BCUT2D eigenvalue weighted by Crippen LogP contribution is -2.35. The standard InChI is InChI=1S/C23H20ClF2N7O2/c24-19-13-29-21(30-15-23(25,26)18-8-3-4-9-27-18)22(35)32(19)14-20(34)28-12-16-6-1-2-7-17(16)33-11-5-10-31-33/h1-11,13H,12,14-15H2,(H,28,34)(H,29,30). The maximum absolute atomic E-state index is 14.4. The van der Waals surface area contributed by atoms with Gasteiger partial charge >= 0.3 is 5.92 Å². The predicted octanol–water partition coefficient (Wildman–Crippen LogP) is 3.00. The number of halogens is 3. The monoisotopic (exact) mass is 499 g/mol. The number of carbonyl (C=O) groups excluding carboxylic acids is 1. The number of benzene rings is 1. The molecule has 0 spiro atoms. The molecule has 2 N–H and O–H groups in total. The third kappa shape index (κ3) is 5.69. The quantitative estimate of drug-likeness (QED) is 0.367. The van der Waals surface area contributed by atoms with Crippen molar-refractivity contribution in [3.8, 4) is 5.69 Å². The van der Waals surface area contributed by atoms with Crippen LogP contribution in [0.1, 0.15) is 11.3 Å². The fraction of sp³-hybridized carbons (Fsp3) is 0.174. The molecule has 3 aromatic heterocycles. The minimum absolute atomic E-state index is 0.107. The Morgan fingerprint density at radius 3 is 2.60 bits per heavy atom. The van der Waals surface area contributed by atoms with Crippen molar-refractivity contribution in [2.75, 3.05) is 11.9 Å². The summed E-state index contributed by atoms with van der Waals surface area (Å²) in [6.07, 6.45) is 5.79. The number of nitrogens with zero attached hydrogens (tertiary/aromatic N) is 5. The van der Waals surface area contributed by atoms with Crippen LogP contribution < -0.4 is 16.2 Å². The average molecular weight is 500 g/mol. The Balaban J connectivity index is 1.43. The highest BCUT2D eigenvalue weighted by atomic mass is 35.5. The maximum atomic E-state index is 14.4. The molecule has 35 heavy (non-hydrogen) atoms. The molecule has 0 radical (unpaired) electrons. The minimum atomic E-state index is -3.35. The van der Waals surface area contributed by atoms with Gasteiger partial charge in [0.1, 0.15) is 17.4 Å². The van der Waals surface area contributed by atoms with Crippen molar-refractivity contribution in [3.05, 3.63) is 100 Å². The summed E-state index contributed by atoms with van der Waals surface area (Å²) < 4.78 is 31.4. The van der Waals surface area contributed by atoms with Crippen molar-refractivity contribution < 1.29 is 13.6 Å². The Labute approximate surface area is 203 Å². The summed E-state index contributed by atoms with van der Waals surface area (Å²) >= 11 is 6.06. The Kier molecular flexibility index (Phi) is 7.16. The first-order valence-electron chi connectivity index (χ1n) is 10.5. The Bertz CT molecular complexity index is 1360. The van der Waals surface area contributed by atoms with Gasteiger partial charge in [0.2, 0.25) is 5.91 Å². The van der Waals surface area contributed by atoms with Gasteiger partial charge in [0.25, 0.3) is 5.56 Å². The zero-order valence-corrected chi connectivity index (χ0v) is 19.0. The number of alkyl halides is 2. The lowest BCUT2D eigenvalue weighted by atomic mass is 10.2. The highest BCUT2D eigenvalue weighted by Gasteiger charge is 2.33. The van der Waals surface area contributed by atoms with Gasteiger partial charge in [-0.3, -0.25) is 19.1 Å². The van der Waals surface area contributed by atoms with Gasteiger partial charge in [0, 0.05) is 25.1 Å². The van der Waals surface area contributed by atoms with Gasteiger partial charge in [0.15, 0.2) is 5.82 Å². The molecule has 0 bridgehead atoms. The predicted molar refractivity (Wildman–Crippen MR) is 126 cm³/mol. The number of hydrogen-bond donors (Lipinski definition) is 2. The van der Waals surface area contributed by atoms with Crippen molar-refractivity contribution in [2.45, 2.75) is 19.0 Å². The van der Waals surface area contributed by atoms with Crippen LogP contribution in [0.2, 0.25) is 5.15 Å². The zero-order valence-electron chi connectivity index (χ0n) is 18.2. The van der Waals surface area contributed by atoms with E-state index in [1.165, 1.54) is 24.4 Å². The number of pyridine rings is 1. The van der Waals surface area contributed by atoms with Crippen LogP contribution in [0.3, 0.4) is 0 Å². The number of nitrogens with one attached hydrogen (secondary N) is 2. The molecule has 1 aromatic carbocycles. The zero-order chi connectivity index (χ0) is 24.8. The number of rotatable bonds is 9. The second-order valence-electron chi connectivity index (χ2n) is 7.45. The van der Waals surface area contributed by atoms with E-state index < -0.39 is 36.2 Å². The summed E-state index contributed by atoms with van der Waals surface area (Å²) in [5, 5.41) is 9.16. The topological polar surface area (TPSA) is 107 Å². The van der Waals surface area contributed by atoms with Crippen molar-refractivity contribution in [3.63, 3.8) is 0 Å². The average Bonchev–Trinajstić information content (AvgIpc) is 3.40. The molecule has 4 aromatic rings. The van der Waals surface area contributed by atoms with E-state index in [9.17, 15) is 18.4 Å². The molecule has 3 heterocycles. The van der Waals surface area contributed by atoms with Gasteiger partial charge in [-0.05, 0) is 29.8 Å². The first kappa shape index (κ1) is 24.0. The van der Waals surface area contributed by atoms with Crippen LogP contribution in [0.25, 0.3) is 5.69 Å². The van der Waals surface area contributed by atoms with E-state index in [2.05, 4.69) is 25.7 Å². The lowest BCUT2D eigenvalue weighted by Gasteiger charge is -2.17. The third-order valence-corrected chi connectivity index (χ3v) is 5.35. The lowest BCUT2D eigenvalue weighted by molar-refractivity contribution is -0.121. The molecule has 180 valence electrons. The summed E-state index contributed by atoms with van der Waals surface area (Å²) in [5.41, 5.74) is 0.340. The van der Waals surface area contributed by atoms with E-state index in [0.29, 0.717) is 0 Å². The van der Waals surface area contributed by atoms with Crippen molar-refractivity contribution >= 4 is 23.3 Å². The number of aromatic nitrogens is 5. The van der Waals surface area contributed by atoms with E-state index in [0.717, 1.165) is 22.0 Å². The smallest absolute Gasteiger partial charge is 0.306 e. The molecule has 0 aliphatic carbocycles. The van der Waals surface area contributed by atoms with Crippen LogP contribution in [0.5, 0.6) is 0 Å². The Morgan fingerprint density at radius 2 is 1.86 bits per heavy atom. The maximum Gasteiger partial charge on any atom is 0.306 e. The third-order valence-electron chi connectivity index (χ3n) is 5.04. The molecule has 1 amide bonds. The minimum Gasteiger partial charge on any atom is -0.359 e. The molecular weight excluding hydrogens is 480 g/mol. The molecule has 0 saturated carbocycles. The highest BCUT2D eigenvalue weighted by Crippen LogP contribution is 2.25. The van der Waals surface area contributed by atoms with Gasteiger partial charge in [-0.2, -0.15) is 13.9 Å². The van der Waals surface area contributed by atoms with Gasteiger partial charge in [0.05, 0.1) is 18.4 Å². The Morgan fingerprint density at radius 1 is 1.06 bits per heavy atom. The van der Waals surface area contributed by atoms with Gasteiger partial charge in [-0.25, -0.2) is 9.67 Å². The second kappa shape index (κ2) is 10.4. The van der Waals surface area contributed by atoms with E-state index in [4.69, 9.17) is 11.6 Å². The normalized spacial score (nSPS) is 11.3. The van der Waals surface area contributed by atoms with Crippen LogP contribution in [-0.2, 0) is 23.8 Å². The number of amides is 1. The van der Waals surface area contributed by atoms with E-state index in [1.807, 2.05) is 24.3 Å². The van der Waals surface area contributed by atoms with Crippen molar-refractivity contribution in [2.24, 2.45) is 0 Å². The first-order chi connectivity index (χ1) is 16.8. The molecule has 0 atom stereocenters. The SMILES string of the molecule is O=C(Cn1c(Cl)cnc(NCC(F)(F)c2ccccn2)c1=O)NCc1ccccc1-n1cccn1. The molecule has 4 rings (SSSR count). The summed E-state index contributed by atoms with van der Waals surface area (Å²) in [6.45, 7) is -1.16. The number of hydrogen-bond acceptors (Lipinski definition) is 6. The number of para-hydroxylation sites is 1. The fourth-order valence-electron chi connectivity index (χ4n) is 3.29. The Hall–Kier alpha value is -4.12. The molecule has 0 unspecified atom stereocenters. The first-order valence-corrected chi connectivity index (χ1v) is 10.9. The van der Waals surface area contributed by atoms with Gasteiger partial charge < -0.3 is 10.6 Å². The summed E-state index contributed by atoms with van der Waals surface area (Å²) in [6, 6.07) is 13.3. The highest BCUT2D eigenvalue weighted by molar-refractivity contribution is 6.29. The summed E-state index contributed by atoms with van der Waals surface area (Å²) in [7, 11) is 0. The fourth-order valence-corrected chi connectivity index (χ4v) is 3.47. The van der Waals surface area contributed by atoms with Crippen molar-refractivity contribution in [1.82, 2.24) is 29.6 Å². The van der Waals surface area contributed by atoms with Crippen LogP contribution in [-0.4, -0.2) is 36.8 Å². The molecule has 0 saturated heterocycles. The molecule has 0 aliphatic rings. The molecule has 9 nitrogen and oxygen atoms in total. The largest absolute Gasteiger partial charge is 0.359 e. The molecule has 0 fully saturated rings. The molecular formula is C23H20ClF2N7O2. The van der Waals surface area contributed by atoms with E-state index in [-0.39, 0.29) is 17.5 Å². The second-order valence-corrected chi connectivity index (χ2v) is 7.84.